The largest absolute Gasteiger partial charge is 0.452 e. The molecule has 1 unspecified atom stereocenters. The van der Waals surface area contributed by atoms with E-state index in [-0.39, 0.29) is 11.3 Å². The van der Waals surface area contributed by atoms with Gasteiger partial charge in [0.15, 0.2) is 0 Å². The summed E-state index contributed by atoms with van der Waals surface area (Å²) in [6.07, 6.45) is 1.11. The number of amides is 1. The predicted octanol–water partition coefficient (Wildman–Crippen LogP) is 2.93. The van der Waals surface area contributed by atoms with Crippen LogP contribution in [0.15, 0.2) is 12.3 Å². The first kappa shape index (κ1) is 17.2. The van der Waals surface area contributed by atoms with Crippen molar-refractivity contribution in [3.05, 3.63) is 39.1 Å². The van der Waals surface area contributed by atoms with E-state index in [2.05, 4.69) is 18.8 Å². The van der Waals surface area contributed by atoms with Crippen molar-refractivity contribution in [2.24, 2.45) is 12.8 Å². The topological polar surface area (TPSA) is 87.2 Å². The molecule has 2 heterocycles. The standard InChI is InChI=1S/C16H21N3O3S/c1-8(2)15-18-9(3)13(23-15)10(4)22-16(21)12-6-11(14(17)20)7-19(12)5/h6-8,10H,1-5H3,(H2,17,20). The molecular formula is C16H21N3O3S. The number of esters is 1. The zero-order valence-corrected chi connectivity index (χ0v) is 14.7. The first-order valence-electron chi connectivity index (χ1n) is 7.35. The van der Waals surface area contributed by atoms with Crippen LogP contribution in [0, 0.1) is 6.92 Å². The van der Waals surface area contributed by atoms with Gasteiger partial charge >= 0.3 is 5.97 Å². The Morgan fingerprint density at radius 2 is 2.00 bits per heavy atom. The third-order valence-electron chi connectivity index (χ3n) is 3.49. The number of ether oxygens (including phenoxy) is 1. The maximum atomic E-state index is 12.3. The average Bonchev–Trinajstić information content (AvgIpc) is 3.02. The molecule has 124 valence electrons. The van der Waals surface area contributed by atoms with E-state index in [0.29, 0.717) is 5.92 Å². The Kier molecular flexibility index (Phi) is 4.89. The Balaban J connectivity index is 2.18. The van der Waals surface area contributed by atoms with E-state index in [9.17, 15) is 9.59 Å². The smallest absolute Gasteiger partial charge is 0.355 e. The van der Waals surface area contributed by atoms with Crippen LogP contribution in [0.2, 0.25) is 0 Å². The molecule has 0 aliphatic rings. The van der Waals surface area contributed by atoms with Gasteiger partial charge in [-0.25, -0.2) is 9.78 Å². The molecule has 0 fully saturated rings. The molecule has 0 aliphatic heterocycles. The van der Waals surface area contributed by atoms with Crippen molar-refractivity contribution in [1.29, 1.82) is 0 Å². The minimum atomic E-state index is -0.576. The summed E-state index contributed by atoms with van der Waals surface area (Å²) in [6, 6.07) is 1.44. The van der Waals surface area contributed by atoms with Gasteiger partial charge in [0.2, 0.25) is 5.91 Å². The second-order valence-corrected chi connectivity index (χ2v) is 6.86. The minimum absolute atomic E-state index is 0.281. The van der Waals surface area contributed by atoms with Crippen LogP contribution in [0.3, 0.4) is 0 Å². The van der Waals surface area contributed by atoms with Gasteiger partial charge in [0, 0.05) is 19.2 Å². The number of rotatable bonds is 5. The monoisotopic (exact) mass is 335 g/mol. The predicted molar refractivity (Wildman–Crippen MR) is 88.7 cm³/mol. The molecular weight excluding hydrogens is 314 g/mol. The number of primary amides is 1. The summed E-state index contributed by atoms with van der Waals surface area (Å²) in [5.74, 6) is -0.736. The van der Waals surface area contributed by atoms with Crippen molar-refractivity contribution in [3.63, 3.8) is 0 Å². The summed E-state index contributed by atoms with van der Waals surface area (Å²) in [6.45, 7) is 7.89. The van der Waals surface area contributed by atoms with Crippen LogP contribution < -0.4 is 5.73 Å². The lowest BCUT2D eigenvalue weighted by Gasteiger charge is -2.12. The minimum Gasteiger partial charge on any atom is -0.452 e. The van der Waals surface area contributed by atoms with Gasteiger partial charge in [0.05, 0.1) is 21.1 Å². The zero-order chi connectivity index (χ0) is 17.3. The second-order valence-electron chi connectivity index (χ2n) is 5.79. The van der Waals surface area contributed by atoms with E-state index >= 15 is 0 Å². The molecule has 2 aromatic heterocycles. The van der Waals surface area contributed by atoms with Crippen molar-refractivity contribution >= 4 is 23.2 Å². The normalized spacial score (nSPS) is 12.4. The van der Waals surface area contributed by atoms with Crippen molar-refractivity contribution < 1.29 is 14.3 Å². The number of nitrogens with zero attached hydrogens (tertiary/aromatic N) is 2. The van der Waals surface area contributed by atoms with Gasteiger partial charge in [-0.2, -0.15) is 0 Å². The third kappa shape index (κ3) is 3.61. The molecule has 0 spiro atoms. The summed E-state index contributed by atoms with van der Waals surface area (Å²) in [5.41, 5.74) is 6.68. The molecule has 6 nitrogen and oxygen atoms in total. The van der Waals surface area contributed by atoms with Crippen LogP contribution in [0.4, 0.5) is 0 Å². The maximum Gasteiger partial charge on any atom is 0.355 e. The Morgan fingerprint density at radius 1 is 1.35 bits per heavy atom. The van der Waals surface area contributed by atoms with E-state index in [0.717, 1.165) is 15.6 Å². The van der Waals surface area contributed by atoms with Crippen LogP contribution in [0.25, 0.3) is 0 Å². The fourth-order valence-electron chi connectivity index (χ4n) is 2.23. The highest BCUT2D eigenvalue weighted by molar-refractivity contribution is 7.11. The summed E-state index contributed by atoms with van der Waals surface area (Å²) in [4.78, 5) is 29.0. The van der Waals surface area contributed by atoms with Crippen molar-refractivity contribution in [1.82, 2.24) is 9.55 Å². The highest BCUT2D eigenvalue weighted by atomic mass is 32.1. The highest BCUT2D eigenvalue weighted by Gasteiger charge is 2.22. The van der Waals surface area contributed by atoms with E-state index in [1.807, 2.05) is 13.8 Å². The van der Waals surface area contributed by atoms with Gasteiger partial charge < -0.3 is 15.0 Å². The summed E-state index contributed by atoms with van der Waals surface area (Å²) in [7, 11) is 1.67. The second kappa shape index (κ2) is 6.54. The van der Waals surface area contributed by atoms with Crippen molar-refractivity contribution in [3.8, 4) is 0 Å². The molecule has 23 heavy (non-hydrogen) atoms. The lowest BCUT2D eigenvalue weighted by molar-refractivity contribution is 0.0332. The van der Waals surface area contributed by atoms with Crippen LogP contribution in [-0.4, -0.2) is 21.4 Å². The fourth-order valence-corrected chi connectivity index (χ4v) is 3.28. The van der Waals surface area contributed by atoms with Gasteiger partial charge in [0.1, 0.15) is 11.8 Å². The van der Waals surface area contributed by atoms with E-state index in [1.165, 1.54) is 16.8 Å². The van der Waals surface area contributed by atoms with Gasteiger partial charge in [0.25, 0.3) is 0 Å². The Labute approximate surface area is 139 Å². The molecule has 0 bridgehead atoms. The number of carbonyl (C=O) groups is 2. The van der Waals surface area contributed by atoms with E-state index in [1.54, 1.807) is 18.4 Å². The number of carbonyl (C=O) groups excluding carboxylic acids is 2. The summed E-state index contributed by atoms with van der Waals surface area (Å²) >= 11 is 1.56. The van der Waals surface area contributed by atoms with Crippen molar-refractivity contribution in [2.75, 3.05) is 0 Å². The van der Waals surface area contributed by atoms with Gasteiger partial charge in [-0.3, -0.25) is 4.79 Å². The fraction of sp³-hybridized carbons (Fsp3) is 0.438. The number of aromatic nitrogens is 2. The molecule has 0 radical (unpaired) electrons. The molecule has 2 aromatic rings. The molecule has 7 heteroatoms. The molecule has 2 N–H and O–H groups in total. The first-order valence-corrected chi connectivity index (χ1v) is 8.16. The molecule has 1 amide bonds. The van der Waals surface area contributed by atoms with Crippen LogP contribution in [0.5, 0.6) is 0 Å². The van der Waals surface area contributed by atoms with Gasteiger partial charge in [-0.05, 0) is 19.9 Å². The number of hydrogen-bond acceptors (Lipinski definition) is 5. The van der Waals surface area contributed by atoms with Crippen LogP contribution >= 0.6 is 11.3 Å². The lowest BCUT2D eigenvalue weighted by Crippen LogP contribution is -2.12. The van der Waals surface area contributed by atoms with Crippen LogP contribution in [-0.2, 0) is 11.8 Å². The first-order chi connectivity index (χ1) is 10.7. The number of thiazole rings is 1. The lowest BCUT2D eigenvalue weighted by atomic mass is 10.2. The molecule has 0 saturated heterocycles. The molecule has 0 aromatic carbocycles. The summed E-state index contributed by atoms with van der Waals surface area (Å²) in [5, 5.41) is 1.02. The Hall–Kier alpha value is -2.15. The molecule has 0 aliphatic carbocycles. The number of aryl methyl sites for hydroxylation is 2. The average molecular weight is 335 g/mol. The quantitative estimate of drug-likeness (QED) is 0.851. The van der Waals surface area contributed by atoms with Crippen molar-refractivity contribution in [2.45, 2.75) is 39.7 Å². The Bertz CT molecular complexity index is 746. The number of hydrogen-bond donors (Lipinski definition) is 1. The third-order valence-corrected chi connectivity index (χ3v) is 5.11. The van der Waals surface area contributed by atoms with Crippen LogP contribution in [0.1, 0.15) is 69.2 Å². The highest BCUT2D eigenvalue weighted by Crippen LogP contribution is 2.31. The van der Waals surface area contributed by atoms with Gasteiger partial charge in [-0.15, -0.1) is 11.3 Å². The van der Waals surface area contributed by atoms with E-state index < -0.39 is 18.0 Å². The Morgan fingerprint density at radius 3 is 2.48 bits per heavy atom. The van der Waals surface area contributed by atoms with Gasteiger partial charge in [-0.1, -0.05) is 13.8 Å². The molecule has 1 atom stereocenters. The maximum absolute atomic E-state index is 12.3. The zero-order valence-electron chi connectivity index (χ0n) is 13.9. The number of nitrogens with two attached hydrogens (primary N) is 1. The molecule has 0 saturated carbocycles. The van der Waals surface area contributed by atoms with E-state index in [4.69, 9.17) is 10.5 Å². The SMILES string of the molecule is Cc1nc(C(C)C)sc1C(C)OC(=O)c1cc(C(N)=O)cn1C. The molecule has 2 rings (SSSR count). The summed E-state index contributed by atoms with van der Waals surface area (Å²) < 4.78 is 7.06.